The number of para-hydroxylation sites is 1. The van der Waals surface area contributed by atoms with Gasteiger partial charge >= 0.3 is 0 Å². The van der Waals surface area contributed by atoms with Crippen molar-refractivity contribution in [2.45, 2.75) is 9.83 Å². The number of thioether (sulfide) groups is 1. The Morgan fingerprint density at radius 3 is 2.53 bits per heavy atom. The fraction of sp³-hybridized carbons (Fsp3) is 0.0667. The number of aliphatic hydroxyl groups is 1. The first-order valence-corrected chi connectivity index (χ1v) is 6.75. The standard InChI is InChI=1S/C15H9NO2S/c17-14-10-6-2-1-5-9(10)13-15(14,18)19-12-8-4-3-7-11(12)16-13/h1-8,18H/t15-/m1/s1. The molecule has 1 N–H and O–H groups in total. The largest absolute Gasteiger partial charge is 0.367 e. The normalized spacial score (nSPS) is 23.4. The van der Waals surface area contributed by atoms with Gasteiger partial charge in [0.15, 0.2) is 0 Å². The summed E-state index contributed by atoms with van der Waals surface area (Å²) in [4.78, 5) is 16.2. The second-order valence-corrected chi connectivity index (χ2v) is 5.78. The zero-order valence-corrected chi connectivity index (χ0v) is 10.6. The molecule has 2 aromatic carbocycles. The first-order valence-electron chi connectivity index (χ1n) is 5.94. The lowest BCUT2D eigenvalue weighted by atomic mass is 10.1. The summed E-state index contributed by atoms with van der Waals surface area (Å²) in [6.07, 6.45) is 0. The van der Waals surface area contributed by atoms with Crippen LogP contribution in [-0.2, 0) is 0 Å². The molecule has 0 amide bonds. The smallest absolute Gasteiger partial charge is 0.222 e. The van der Waals surface area contributed by atoms with Crippen molar-refractivity contribution in [3.8, 4) is 0 Å². The van der Waals surface area contributed by atoms with Gasteiger partial charge in [-0.15, -0.1) is 0 Å². The molecule has 1 aliphatic carbocycles. The highest BCUT2D eigenvalue weighted by Gasteiger charge is 2.52. The number of fused-ring (bicyclic) bond motifs is 4. The molecule has 0 radical (unpaired) electrons. The third-order valence-electron chi connectivity index (χ3n) is 3.41. The van der Waals surface area contributed by atoms with Gasteiger partial charge in [-0.2, -0.15) is 0 Å². The maximum Gasteiger partial charge on any atom is 0.222 e. The van der Waals surface area contributed by atoms with E-state index in [4.69, 9.17) is 0 Å². The van der Waals surface area contributed by atoms with E-state index in [1.165, 1.54) is 11.8 Å². The van der Waals surface area contributed by atoms with E-state index in [9.17, 15) is 9.90 Å². The number of hydrogen-bond donors (Lipinski definition) is 1. The number of Topliss-reactive ketones (excluding diaryl/α,β-unsaturated/α-hetero) is 1. The lowest BCUT2D eigenvalue weighted by Crippen LogP contribution is -2.38. The minimum atomic E-state index is -1.57. The van der Waals surface area contributed by atoms with Crippen molar-refractivity contribution in [3.05, 3.63) is 59.7 Å². The summed E-state index contributed by atoms with van der Waals surface area (Å²) in [5.41, 5.74) is 2.54. The Kier molecular flexibility index (Phi) is 2.05. The molecule has 1 heterocycles. The zero-order chi connectivity index (χ0) is 13.0. The van der Waals surface area contributed by atoms with Gasteiger partial charge < -0.3 is 5.11 Å². The molecule has 0 spiro atoms. The van der Waals surface area contributed by atoms with E-state index in [2.05, 4.69) is 4.99 Å². The molecule has 19 heavy (non-hydrogen) atoms. The quantitative estimate of drug-likeness (QED) is 0.798. The minimum Gasteiger partial charge on any atom is -0.367 e. The third-order valence-corrected chi connectivity index (χ3v) is 4.65. The Morgan fingerprint density at radius 1 is 1.00 bits per heavy atom. The number of carbonyl (C=O) groups excluding carboxylic acids is 1. The van der Waals surface area contributed by atoms with Crippen LogP contribution < -0.4 is 0 Å². The van der Waals surface area contributed by atoms with Crippen LogP contribution in [0.1, 0.15) is 15.9 Å². The lowest BCUT2D eigenvalue weighted by molar-refractivity contribution is 0.0810. The van der Waals surface area contributed by atoms with Crippen LogP contribution in [0.5, 0.6) is 0 Å². The molecule has 2 aromatic rings. The molecule has 4 heteroatoms. The predicted molar refractivity (Wildman–Crippen MR) is 74.2 cm³/mol. The molecule has 92 valence electrons. The fourth-order valence-electron chi connectivity index (χ4n) is 2.51. The van der Waals surface area contributed by atoms with E-state index in [0.717, 1.165) is 16.1 Å². The first kappa shape index (κ1) is 11.0. The molecule has 0 unspecified atom stereocenters. The Morgan fingerprint density at radius 2 is 1.68 bits per heavy atom. The summed E-state index contributed by atoms with van der Waals surface area (Å²) in [7, 11) is 0. The van der Waals surface area contributed by atoms with Gasteiger partial charge in [0.2, 0.25) is 10.7 Å². The molecule has 4 rings (SSSR count). The molecule has 1 aliphatic heterocycles. The average molecular weight is 267 g/mol. The van der Waals surface area contributed by atoms with Crippen molar-refractivity contribution < 1.29 is 9.90 Å². The number of hydrogen-bond acceptors (Lipinski definition) is 4. The molecule has 0 aromatic heterocycles. The highest BCUT2D eigenvalue weighted by Crippen LogP contribution is 2.49. The number of rotatable bonds is 0. The average Bonchev–Trinajstić information content (AvgIpc) is 2.66. The van der Waals surface area contributed by atoms with Crippen molar-refractivity contribution >= 4 is 28.9 Å². The number of benzene rings is 2. The van der Waals surface area contributed by atoms with Crippen molar-refractivity contribution in [2.24, 2.45) is 4.99 Å². The van der Waals surface area contributed by atoms with Gasteiger partial charge in [-0.05, 0) is 12.1 Å². The van der Waals surface area contributed by atoms with Crippen LogP contribution in [0.3, 0.4) is 0 Å². The van der Waals surface area contributed by atoms with E-state index in [1.807, 2.05) is 36.4 Å². The molecule has 0 saturated carbocycles. The summed E-state index contributed by atoms with van der Waals surface area (Å²) in [5, 5.41) is 10.7. The summed E-state index contributed by atoms with van der Waals surface area (Å²) < 4.78 is 0. The Labute approximate surface area is 114 Å². The maximum atomic E-state index is 12.4. The van der Waals surface area contributed by atoms with E-state index < -0.39 is 4.93 Å². The molecule has 2 aliphatic rings. The second kappa shape index (κ2) is 3.56. The van der Waals surface area contributed by atoms with Gasteiger partial charge in [-0.25, -0.2) is 4.99 Å². The van der Waals surface area contributed by atoms with Gasteiger partial charge in [0.05, 0.1) is 11.4 Å². The predicted octanol–water partition coefficient (Wildman–Crippen LogP) is 2.80. The summed E-state index contributed by atoms with van der Waals surface area (Å²) >= 11 is 1.17. The van der Waals surface area contributed by atoms with E-state index in [-0.39, 0.29) is 5.78 Å². The van der Waals surface area contributed by atoms with Crippen LogP contribution in [0.4, 0.5) is 5.69 Å². The van der Waals surface area contributed by atoms with E-state index >= 15 is 0 Å². The molecule has 1 atom stereocenters. The monoisotopic (exact) mass is 267 g/mol. The molecule has 0 bridgehead atoms. The molecule has 0 saturated heterocycles. The third kappa shape index (κ3) is 1.33. The first-order chi connectivity index (χ1) is 9.20. The molecule has 0 fully saturated rings. The minimum absolute atomic E-state index is 0.277. The van der Waals surface area contributed by atoms with Crippen LogP contribution in [-0.4, -0.2) is 21.5 Å². The Balaban J connectivity index is 2.03. The van der Waals surface area contributed by atoms with Crippen LogP contribution in [0.15, 0.2) is 58.4 Å². The SMILES string of the molecule is O=C1c2ccccc2C2=Nc3ccccc3S[C@@]12O. The van der Waals surface area contributed by atoms with Gasteiger partial charge in [-0.3, -0.25) is 4.79 Å². The molecular weight excluding hydrogens is 258 g/mol. The summed E-state index contributed by atoms with van der Waals surface area (Å²) in [6, 6.07) is 14.8. The van der Waals surface area contributed by atoms with Crippen molar-refractivity contribution in [2.75, 3.05) is 0 Å². The Hall–Kier alpha value is -1.91. The van der Waals surface area contributed by atoms with Crippen molar-refractivity contribution in [3.63, 3.8) is 0 Å². The van der Waals surface area contributed by atoms with Crippen LogP contribution >= 0.6 is 11.8 Å². The van der Waals surface area contributed by atoms with Crippen molar-refractivity contribution in [1.82, 2.24) is 0 Å². The maximum absolute atomic E-state index is 12.4. The Bertz CT molecular complexity index is 753. The van der Waals surface area contributed by atoms with E-state index in [1.54, 1.807) is 12.1 Å². The van der Waals surface area contributed by atoms with Crippen LogP contribution in [0, 0.1) is 0 Å². The van der Waals surface area contributed by atoms with Gasteiger partial charge in [0.1, 0.15) is 0 Å². The molecular formula is C15H9NO2S. The van der Waals surface area contributed by atoms with Gasteiger partial charge in [0, 0.05) is 16.0 Å². The second-order valence-electron chi connectivity index (χ2n) is 4.55. The number of nitrogens with zero attached hydrogens (tertiary/aromatic N) is 1. The van der Waals surface area contributed by atoms with E-state index in [0.29, 0.717) is 11.3 Å². The summed E-state index contributed by atoms with van der Waals surface area (Å²) in [6.45, 7) is 0. The summed E-state index contributed by atoms with van der Waals surface area (Å²) in [5.74, 6) is -0.277. The highest BCUT2D eigenvalue weighted by atomic mass is 32.2. The van der Waals surface area contributed by atoms with Gasteiger partial charge in [0.25, 0.3) is 0 Å². The highest BCUT2D eigenvalue weighted by molar-refractivity contribution is 8.02. The number of carbonyl (C=O) groups is 1. The van der Waals surface area contributed by atoms with Crippen molar-refractivity contribution in [1.29, 1.82) is 0 Å². The van der Waals surface area contributed by atoms with Crippen LogP contribution in [0.25, 0.3) is 0 Å². The topological polar surface area (TPSA) is 49.7 Å². The molecule has 3 nitrogen and oxygen atoms in total. The fourth-order valence-corrected chi connectivity index (χ4v) is 3.64. The number of aliphatic imine (C=N–C) groups is 1. The number of ketones is 1. The van der Waals surface area contributed by atoms with Gasteiger partial charge in [-0.1, -0.05) is 48.2 Å². The zero-order valence-electron chi connectivity index (χ0n) is 9.83. The lowest BCUT2D eigenvalue weighted by Gasteiger charge is -2.26. The van der Waals surface area contributed by atoms with Crippen LogP contribution in [0.2, 0.25) is 0 Å².